The Bertz CT molecular complexity index is 506. The third-order valence-electron chi connectivity index (χ3n) is 4.09. The summed E-state index contributed by atoms with van der Waals surface area (Å²) in [6, 6.07) is 0.0647. The molecule has 2 heterocycles. The number of carbonyl (C=O) groups is 1. The molecule has 1 aliphatic rings. The molecule has 1 saturated heterocycles. The van der Waals surface area contributed by atoms with Crippen LogP contribution in [0.2, 0.25) is 0 Å². The average molecular weight is 318 g/mol. The maximum absolute atomic E-state index is 12.3. The SMILES string of the molecule is CN(C(=O)c1cnn(C)c1)C1CCN(CCC(F)(F)F)CC1. The third-order valence-corrected chi connectivity index (χ3v) is 4.09. The molecule has 1 amide bonds. The van der Waals surface area contributed by atoms with Crippen LogP contribution in [0.3, 0.4) is 0 Å². The highest BCUT2D eigenvalue weighted by atomic mass is 19.4. The Labute approximate surface area is 127 Å². The number of halogens is 3. The zero-order chi connectivity index (χ0) is 16.3. The molecule has 1 fully saturated rings. The van der Waals surface area contributed by atoms with E-state index in [9.17, 15) is 18.0 Å². The third kappa shape index (κ3) is 4.46. The fourth-order valence-corrected chi connectivity index (χ4v) is 2.72. The number of rotatable bonds is 4. The summed E-state index contributed by atoms with van der Waals surface area (Å²) in [5.41, 5.74) is 0.532. The molecule has 0 N–H and O–H groups in total. The molecular formula is C14H21F3N4O. The van der Waals surface area contributed by atoms with Gasteiger partial charge in [-0.1, -0.05) is 0 Å². The zero-order valence-electron chi connectivity index (χ0n) is 12.8. The highest BCUT2D eigenvalue weighted by Gasteiger charge is 2.30. The smallest absolute Gasteiger partial charge is 0.339 e. The molecule has 1 aromatic heterocycles. The summed E-state index contributed by atoms with van der Waals surface area (Å²) in [4.78, 5) is 15.8. The van der Waals surface area contributed by atoms with Gasteiger partial charge in [-0.2, -0.15) is 18.3 Å². The van der Waals surface area contributed by atoms with Crippen molar-refractivity contribution in [2.24, 2.45) is 7.05 Å². The van der Waals surface area contributed by atoms with E-state index in [2.05, 4.69) is 5.10 Å². The van der Waals surface area contributed by atoms with E-state index in [0.29, 0.717) is 31.5 Å². The van der Waals surface area contributed by atoms with Crippen LogP contribution in [0.5, 0.6) is 0 Å². The van der Waals surface area contributed by atoms with E-state index in [1.165, 1.54) is 6.20 Å². The monoisotopic (exact) mass is 318 g/mol. The number of amides is 1. The number of piperidine rings is 1. The van der Waals surface area contributed by atoms with Crippen molar-refractivity contribution in [2.45, 2.75) is 31.5 Å². The first-order chi connectivity index (χ1) is 10.3. The van der Waals surface area contributed by atoms with E-state index in [1.54, 1.807) is 29.9 Å². The summed E-state index contributed by atoms with van der Waals surface area (Å²) in [6.07, 6.45) is -0.304. The second-order valence-corrected chi connectivity index (χ2v) is 5.76. The lowest BCUT2D eigenvalue weighted by atomic mass is 10.0. The molecule has 0 unspecified atom stereocenters. The van der Waals surface area contributed by atoms with Crippen molar-refractivity contribution < 1.29 is 18.0 Å². The number of nitrogens with zero attached hydrogens (tertiary/aromatic N) is 4. The zero-order valence-corrected chi connectivity index (χ0v) is 12.8. The largest absolute Gasteiger partial charge is 0.390 e. The summed E-state index contributed by atoms with van der Waals surface area (Å²) >= 11 is 0. The highest BCUT2D eigenvalue weighted by Crippen LogP contribution is 2.22. The molecule has 0 radical (unpaired) electrons. The second kappa shape index (κ2) is 6.68. The fraction of sp³-hybridized carbons (Fsp3) is 0.714. The number of hydrogen-bond acceptors (Lipinski definition) is 3. The van der Waals surface area contributed by atoms with Crippen LogP contribution in [0, 0.1) is 0 Å². The van der Waals surface area contributed by atoms with E-state index in [1.807, 2.05) is 4.90 Å². The van der Waals surface area contributed by atoms with Gasteiger partial charge >= 0.3 is 6.18 Å². The summed E-state index contributed by atoms with van der Waals surface area (Å²) in [5.74, 6) is -0.0955. The maximum Gasteiger partial charge on any atom is 0.390 e. The lowest BCUT2D eigenvalue weighted by Crippen LogP contribution is -2.46. The van der Waals surface area contributed by atoms with Crippen LogP contribution < -0.4 is 0 Å². The molecular weight excluding hydrogens is 297 g/mol. The normalized spacial score (nSPS) is 17.7. The van der Waals surface area contributed by atoms with Gasteiger partial charge < -0.3 is 9.80 Å². The minimum Gasteiger partial charge on any atom is -0.339 e. The molecule has 124 valence electrons. The summed E-state index contributed by atoms with van der Waals surface area (Å²) in [7, 11) is 3.49. The van der Waals surface area contributed by atoms with E-state index in [-0.39, 0.29) is 18.5 Å². The Morgan fingerprint density at radius 1 is 1.41 bits per heavy atom. The highest BCUT2D eigenvalue weighted by molar-refractivity contribution is 5.93. The van der Waals surface area contributed by atoms with Gasteiger partial charge in [0, 0.05) is 46.0 Å². The van der Waals surface area contributed by atoms with Crippen LogP contribution in [0.4, 0.5) is 13.2 Å². The first kappa shape index (κ1) is 16.8. The van der Waals surface area contributed by atoms with Gasteiger partial charge in [0.25, 0.3) is 5.91 Å². The minimum absolute atomic E-state index is 0.0382. The van der Waals surface area contributed by atoms with Gasteiger partial charge in [-0.25, -0.2) is 0 Å². The van der Waals surface area contributed by atoms with E-state index in [4.69, 9.17) is 0 Å². The van der Waals surface area contributed by atoms with Gasteiger partial charge in [-0.3, -0.25) is 9.48 Å². The second-order valence-electron chi connectivity index (χ2n) is 5.76. The van der Waals surface area contributed by atoms with Gasteiger partial charge in [0.1, 0.15) is 0 Å². The van der Waals surface area contributed by atoms with Crippen molar-refractivity contribution >= 4 is 5.91 Å². The molecule has 0 spiro atoms. The van der Waals surface area contributed by atoms with E-state index >= 15 is 0 Å². The Balaban J connectivity index is 1.82. The Hall–Kier alpha value is -1.57. The predicted molar refractivity (Wildman–Crippen MR) is 75.4 cm³/mol. The van der Waals surface area contributed by atoms with Crippen LogP contribution in [0.1, 0.15) is 29.6 Å². The van der Waals surface area contributed by atoms with Crippen LogP contribution in [0.25, 0.3) is 0 Å². The van der Waals surface area contributed by atoms with Gasteiger partial charge in [0.05, 0.1) is 18.2 Å². The summed E-state index contributed by atoms with van der Waals surface area (Å²) in [5, 5.41) is 3.98. The lowest BCUT2D eigenvalue weighted by molar-refractivity contribution is -0.138. The molecule has 5 nitrogen and oxygen atoms in total. The first-order valence-corrected chi connectivity index (χ1v) is 7.31. The average Bonchev–Trinajstić information content (AvgIpc) is 2.90. The molecule has 1 aromatic rings. The Morgan fingerprint density at radius 3 is 2.55 bits per heavy atom. The van der Waals surface area contributed by atoms with E-state index < -0.39 is 12.6 Å². The van der Waals surface area contributed by atoms with Crippen molar-refractivity contribution in [1.29, 1.82) is 0 Å². The maximum atomic E-state index is 12.3. The molecule has 0 atom stereocenters. The number of alkyl halides is 3. The van der Waals surface area contributed by atoms with Crippen LogP contribution in [0.15, 0.2) is 12.4 Å². The van der Waals surface area contributed by atoms with Gasteiger partial charge in [0.15, 0.2) is 0 Å². The molecule has 1 aliphatic heterocycles. The Kier molecular flexibility index (Phi) is 5.10. The molecule has 2 rings (SSSR count). The Morgan fingerprint density at radius 2 is 2.05 bits per heavy atom. The number of aromatic nitrogens is 2. The van der Waals surface area contributed by atoms with Crippen LogP contribution >= 0.6 is 0 Å². The van der Waals surface area contributed by atoms with Crippen LogP contribution in [-0.2, 0) is 7.05 Å². The van der Waals surface area contributed by atoms with Crippen molar-refractivity contribution in [1.82, 2.24) is 19.6 Å². The van der Waals surface area contributed by atoms with Crippen molar-refractivity contribution in [3.05, 3.63) is 18.0 Å². The fourth-order valence-electron chi connectivity index (χ4n) is 2.72. The molecule has 0 aliphatic carbocycles. The number of likely N-dealkylation sites (tertiary alicyclic amines) is 1. The minimum atomic E-state index is -4.11. The molecule has 22 heavy (non-hydrogen) atoms. The lowest BCUT2D eigenvalue weighted by Gasteiger charge is -2.36. The van der Waals surface area contributed by atoms with Gasteiger partial charge in [-0.05, 0) is 12.8 Å². The van der Waals surface area contributed by atoms with E-state index in [0.717, 1.165) is 0 Å². The van der Waals surface area contributed by atoms with Crippen molar-refractivity contribution in [3.8, 4) is 0 Å². The number of hydrogen-bond donors (Lipinski definition) is 0. The number of aryl methyl sites for hydroxylation is 1. The topological polar surface area (TPSA) is 41.4 Å². The molecule has 0 bridgehead atoms. The van der Waals surface area contributed by atoms with Gasteiger partial charge in [-0.15, -0.1) is 0 Å². The predicted octanol–water partition coefficient (Wildman–Crippen LogP) is 1.91. The summed E-state index contributed by atoms with van der Waals surface area (Å²) in [6.45, 7) is 1.22. The molecule has 8 heteroatoms. The van der Waals surface area contributed by atoms with Crippen LogP contribution in [-0.4, -0.2) is 64.4 Å². The quantitative estimate of drug-likeness (QED) is 0.851. The standard InChI is InChI=1S/C14H21F3N4O/c1-19-10-11(9-18-19)13(22)20(2)12-3-6-21(7-4-12)8-5-14(15,16)17/h9-10,12H,3-8H2,1-2H3. The number of carbonyl (C=O) groups excluding carboxylic acids is 1. The van der Waals surface area contributed by atoms with Gasteiger partial charge in [0.2, 0.25) is 0 Å². The van der Waals surface area contributed by atoms with Crippen molar-refractivity contribution in [3.63, 3.8) is 0 Å². The first-order valence-electron chi connectivity index (χ1n) is 7.31. The summed E-state index contributed by atoms with van der Waals surface area (Å²) < 4.78 is 38.2. The van der Waals surface area contributed by atoms with Crippen molar-refractivity contribution in [2.75, 3.05) is 26.7 Å². The molecule has 0 aromatic carbocycles. The molecule has 0 saturated carbocycles.